The van der Waals surface area contributed by atoms with E-state index in [2.05, 4.69) is 0 Å². The molecular formula is C15H18O3. The zero-order valence-corrected chi connectivity index (χ0v) is 10.7. The predicted octanol–water partition coefficient (Wildman–Crippen LogP) is 3.52. The monoisotopic (exact) mass is 246 g/mol. The number of benzene rings is 1. The lowest BCUT2D eigenvalue weighted by Gasteiger charge is -2.07. The van der Waals surface area contributed by atoms with E-state index in [1.807, 2.05) is 50.3 Å². The van der Waals surface area contributed by atoms with Gasteiger partial charge in [-0.2, -0.15) is 0 Å². The molecule has 0 heterocycles. The summed E-state index contributed by atoms with van der Waals surface area (Å²) in [6.45, 7) is 4.02. The molecule has 96 valence electrons. The van der Waals surface area contributed by atoms with Crippen LogP contribution < -0.4 is 4.74 Å². The number of carbonyl (C=O) groups is 1. The third kappa shape index (κ3) is 4.09. The third-order valence-corrected chi connectivity index (χ3v) is 2.49. The Balaban J connectivity index is 2.72. The lowest BCUT2D eigenvalue weighted by Crippen LogP contribution is -2.03. The topological polar surface area (TPSA) is 46.5 Å². The van der Waals surface area contributed by atoms with Crippen molar-refractivity contribution in [2.45, 2.75) is 20.3 Å². The minimum absolute atomic E-state index is 0.268. The lowest BCUT2D eigenvalue weighted by atomic mass is 10.2. The Kier molecular flexibility index (Phi) is 5.71. The molecule has 0 aromatic heterocycles. The molecule has 0 aliphatic heterocycles. The fourth-order valence-electron chi connectivity index (χ4n) is 1.54. The van der Waals surface area contributed by atoms with E-state index in [1.54, 1.807) is 6.08 Å². The summed E-state index contributed by atoms with van der Waals surface area (Å²) in [5, 5.41) is 8.87. The summed E-state index contributed by atoms with van der Waals surface area (Å²) in [5.74, 6) is -0.129. The quantitative estimate of drug-likeness (QED) is 0.781. The molecule has 0 saturated heterocycles. The summed E-state index contributed by atoms with van der Waals surface area (Å²) < 4.78 is 5.58. The second kappa shape index (κ2) is 7.33. The van der Waals surface area contributed by atoms with Crippen molar-refractivity contribution in [2.24, 2.45) is 0 Å². The molecule has 0 fully saturated rings. The number of rotatable bonds is 6. The number of ether oxygens (including phenoxy) is 1. The zero-order chi connectivity index (χ0) is 13.4. The maximum atomic E-state index is 10.8. The van der Waals surface area contributed by atoms with Crippen molar-refractivity contribution < 1.29 is 14.6 Å². The molecule has 0 aliphatic rings. The number of carboxylic acids is 1. The number of hydrogen-bond acceptors (Lipinski definition) is 2. The Labute approximate surface area is 107 Å². The molecule has 0 unspecified atom stereocenters. The third-order valence-electron chi connectivity index (χ3n) is 2.49. The Bertz CT molecular complexity index is 459. The van der Waals surface area contributed by atoms with Crippen molar-refractivity contribution in [2.75, 3.05) is 6.61 Å². The van der Waals surface area contributed by atoms with E-state index in [4.69, 9.17) is 9.84 Å². The van der Waals surface area contributed by atoms with Gasteiger partial charge >= 0.3 is 5.97 Å². The van der Waals surface area contributed by atoms with Crippen molar-refractivity contribution in [1.29, 1.82) is 0 Å². The van der Waals surface area contributed by atoms with Gasteiger partial charge in [0, 0.05) is 11.1 Å². The van der Waals surface area contributed by atoms with Gasteiger partial charge in [0.2, 0.25) is 0 Å². The van der Waals surface area contributed by atoms with Crippen LogP contribution in [0.1, 0.15) is 25.8 Å². The summed E-state index contributed by atoms with van der Waals surface area (Å²) in [6.07, 6.45) is 5.99. The van der Waals surface area contributed by atoms with Crippen LogP contribution in [0.15, 0.2) is 42.0 Å². The van der Waals surface area contributed by atoms with Crippen LogP contribution in [0.4, 0.5) is 0 Å². The first-order valence-corrected chi connectivity index (χ1v) is 5.95. The Morgan fingerprint density at radius 1 is 1.39 bits per heavy atom. The maximum absolute atomic E-state index is 10.8. The Hall–Kier alpha value is -2.03. The van der Waals surface area contributed by atoms with E-state index in [1.165, 1.54) is 0 Å². The van der Waals surface area contributed by atoms with E-state index in [0.717, 1.165) is 11.3 Å². The lowest BCUT2D eigenvalue weighted by molar-refractivity contribution is -0.132. The van der Waals surface area contributed by atoms with Crippen LogP contribution in [-0.2, 0) is 4.79 Å². The molecule has 1 N–H and O–H groups in total. The van der Waals surface area contributed by atoms with Crippen LogP contribution in [0.5, 0.6) is 5.75 Å². The fourth-order valence-corrected chi connectivity index (χ4v) is 1.54. The summed E-state index contributed by atoms with van der Waals surface area (Å²) >= 11 is 0. The SMILES string of the molecule is CC=Cc1ccccc1OCC=C(CC)C(=O)O. The van der Waals surface area contributed by atoms with Gasteiger partial charge in [0.25, 0.3) is 0 Å². The number of aliphatic carboxylic acids is 1. The smallest absolute Gasteiger partial charge is 0.331 e. The molecule has 0 spiro atoms. The van der Waals surface area contributed by atoms with Gasteiger partial charge in [-0.1, -0.05) is 37.3 Å². The molecule has 3 heteroatoms. The molecule has 1 rings (SSSR count). The molecule has 0 amide bonds. The van der Waals surface area contributed by atoms with Crippen LogP contribution in [0, 0.1) is 0 Å². The van der Waals surface area contributed by atoms with Crippen LogP contribution in [0.25, 0.3) is 6.08 Å². The summed E-state index contributed by atoms with van der Waals surface area (Å²) in [5.41, 5.74) is 1.36. The fraction of sp³-hybridized carbons (Fsp3) is 0.267. The average molecular weight is 246 g/mol. The Morgan fingerprint density at radius 2 is 2.11 bits per heavy atom. The van der Waals surface area contributed by atoms with Gasteiger partial charge in [0.05, 0.1) is 0 Å². The minimum Gasteiger partial charge on any atom is -0.489 e. The molecule has 3 nitrogen and oxygen atoms in total. The number of hydrogen-bond donors (Lipinski definition) is 1. The molecule has 0 bridgehead atoms. The first-order valence-electron chi connectivity index (χ1n) is 5.95. The molecule has 0 saturated carbocycles. The molecular weight excluding hydrogens is 228 g/mol. The molecule has 0 atom stereocenters. The van der Waals surface area contributed by atoms with Crippen molar-refractivity contribution in [1.82, 2.24) is 0 Å². The summed E-state index contributed by atoms with van der Waals surface area (Å²) in [4.78, 5) is 10.8. The zero-order valence-electron chi connectivity index (χ0n) is 10.7. The van der Waals surface area contributed by atoms with Crippen molar-refractivity contribution >= 4 is 12.0 Å². The largest absolute Gasteiger partial charge is 0.489 e. The second-order valence-electron chi connectivity index (χ2n) is 3.74. The van der Waals surface area contributed by atoms with E-state index < -0.39 is 5.97 Å². The van der Waals surface area contributed by atoms with Gasteiger partial charge in [-0.05, 0) is 25.5 Å². The van der Waals surface area contributed by atoms with E-state index in [-0.39, 0.29) is 6.61 Å². The number of allylic oxidation sites excluding steroid dienone is 1. The standard InChI is InChI=1S/C15H18O3/c1-3-7-13-8-5-6-9-14(13)18-11-10-12(4-2)15(16)17/h3,5-10H,4,11H2,1-2H3,(H,16,17). The van der Waals surface area contributed by atoms with Gasteiger partial charge in [0.1, 0.15) is 12.4 Å². The van der Waals surface area contributed by atoms with Gasteiger partial charge in [-0.15, -0.1) is 0 Å². The highest BCUT2D eigenvalue weighted by molar-refractivity contribution is 5.86. The van der Waals surface area contributed by atoms with Crippen LogP contribution >= 0.6 is 0 Å². The normalized spacial score (nSPS) is 11.8. The summed E-state index contributed by atoms with van der Waals surface area (Å²) in [6, 6.07) is 7.66. The highest BCUT2D eigenvalue weighted by Crippen LogP contribution is 2.19. The molecule has 0 radical (unpaired) electrons. The van der Waals surface area contributed by atoms with Crippen molar-refractivity contribution in [3.8, 4) is 5.75 Å². The van der Waals surface area contributed by atoms with E-state index >= 15 is 0 Å². The predicted molar refractivity (Wildman–Crippen MR) is 72.7 cm³/mol. The van der Waals surface area contributed by atoms with Crippen LogP contribution in [-0.4, -0.2) is 17.7 Å². The van der Waals surface area contributed by atoms with Gasteiger partial charge in [0.15, 0.2) is 0 Å². The van der Waals surface area contributed by atoms with Crippen molar-refractivity contribution in [3.63, 3.8) is 0 Å². The molecule has 1 aromatic rings. The maximum Gasteiger partial charge on any atom is 0.331 e. The highest BCUT2D eigenvalue weighted by Gasteiger charge is 2.04. The summed E-state index contributed by atoms with van der Waals surface area (Å²) in [7, 11) is 0. The number of para-hydroxylation sites is 1. The van der Waals surface area contributed by atoms with Gasteiger partial charge < -0.3 is 9.84 Å². The molecule has 18 heavy (non-hydrogen) atoms. The van der Waals surface area contributed by atoms with Crippen LogP contribution in [0.2, 0.25) is 0 Å². The number of carboxylic acid groups (broad SMARTS) is 1. The van der Waals surface area contributed by atoms with Gasteiger partial charge in [-0.25, -0.2) is 4.79 Å². The van der Waals surface area contributed by atoms with E-state index in [0.29, 0.717) is 12.0 Å². The first-order chi connectivity index (χ1) is 8.69. The molecule has 1 aromatic carbocycles. The van der Waals surface area contributed by atoms with Gasteiger partial charge in [-0.3, -0.25) is 0 Å². The molecule has 0 aliphatic carbocycles. The average Bonchev–Trinajstić information content (AvgIpc) is 2.36. The highest BCUT2D eigenvalue weighted by atomic mass is 16.5. The minimum atomic E-state index is -0.886. The van der Waals surface area contributed by atoms with Crippen molar-refractivity contribution in [3.05, 3.63) is 47.6 Å². The van der Waals surface area contributed by atoms with Crippen LogP contribution in [0.3, 0.4) is 0 Å². The van der Waals surface area contributed by atoms with E-state index in [9.17, 15) is 4.79 Å². The Morgan fingerprint density at radius 3 is 2.72 bits per heavy atom. The second-order valence-corrected chi connectivity index (χ2v) is 3.74. The first kappa shape index (κ1) is 14.0.